The Balaban J connectivity index is 1.83. The van der Waals surface area contributed by atoms with Gasteiger partial charge in [-0.05, 0) is 42.3 Å². The average Bonchev–Trinajstić information content (AvgIpc) is 2.70. The van der Waals surface area contributed by atoms with Crippen LogP contribution in [0.1, 0.15) is 24.5 Å². The van der Waals surface area contributed by atoms with Crippen LogP contribution in [0, 0.1) is 0 Å². The lowest BCUT2D eigenvalue weighted by atomic mass is 9.84. The Morgan fingerprint density at radius 3 is 2.04 bits per heavy atom. The van der Waals surface area contributed by atoms with E-state index in [9.17, 15) is 9.90 Å². The lowest BCUT2D eigenvalue weighted by Gasteiger charge is -2.28. The Labute approximate surface area is 165 Å². The van der Waals surface area contributed by atoms with Crippen molar-refractivity contribution in [2.45, 2.75) is 25.4 Å². The van der Waals surface area contributed by atoms with Gasteiger partial charge in [0.05, 0.1) is 13.0 Å². The van der Waals surface area contributed by atoms with Crippen LogP contribution >= 0.6 is 0 Å². The van der Waals surface area contributed by atoms with E-state index < -0.39 is 11.6 Å². The number of esters is 1. The highest BCUT2D eigenvalue weighted by Crippen LogP contribution is 2.32. The van der Waals surface area contributed by atoms with Gasteiger partial charge in [0, 0.05) is 6.42 Å². The Kier molecular flexibility index (Phi) is 6.45. The van der Waals surface area contributed by atoms with Crippen molar-refractivity contribution in [3.8, 4) is 11.5 Å². The molecule has 0 heterocycles. The highest BCUT2D eigenvalue weighted by atomic mass is 16.5. The van der Waals surface area contributed by atoms with Gasteiger partial charge in [0.2, 0.25) is 0 Å². The summed E-state index contributed by atoms with van der Waals surface area (Å²) in [6.45, 7) is 2.04. The van der Waals surface area contributed by atoms with Gasteiger partial charge in [0.25, 0.3) is 0 Å². The molecule has 28 heavy (non-hydrogen) atoms. The summed E-state index contributed by atoms with van der Waals surface area (Å²) in [4.78, 5) is 12.1. The zero-order chi connectivity index (χ0) is 19.8. The highest BCUT2D eigenvalue weighted by Gasteiger charge is 2.33. The lowest BCUT2D eigenvalue weighted by molar-refractivity contribution is -0.149. The molecule has 0 saturated heterocycles. The number of rotatable bonds is 8. The fraction of sp³-hybridized carbons (Fsp3) is 0.208. The Morgan fingerprint density at radius 1 is 0.857 bits per heavy atom. The molecule has 4 heteroatoms. The van der Waals surface area contributed by atoms with Crippen molar-refractivity contribution in [2.24, 2.45) is 0 Å². The molecule has 0 aromatic heterocycles. The molecule has 0 amide bonds. The van der Waals surface area contributed by atoms with Crippen LogP contribution in [0.2, 0.25) is 0 Å². The van der Waals surface area contributed by atoms with Gasteiger partial charge in [-0.15, -0.1) is 0 Å². The second kappa shape index (κ2) is 9.20. The topological polar surface area (TPSA) is 55.8 Å². The first kappa shape index (κ1) is 19.6. The normalized spacial score (nSPS) is 12.8. The lowest BCUT2D eigenvalue weighted by Crippen LogP contribution is -2.32. The summed E-state index contributed by atoms with van der Waals surface area (Å²) in [5.41, 5.74) is 0.225. The number of ether oxygens (including phenoxy) is 2. The third-order valence-electron chi connectivity index (χ3n) is 4.45. The van der Waals surface area contributed by atoms with Crippen LogP contribution in [-0.2, 0) is 21.6 Å². The van der Waals surface area contributed by atoms with E-state index in [4.69, 9.17) is 9.47 Å². The van der Waals surface area contributed by atoms with Crippen molar-refractivity contribution in [2.75, 3.05) is 6.61 Å². The fourth-order valence-corrected chi connectivity index (χ4v) is 3.11. The molecule has 0 aliphatic rings. The molecule has 0 saturated carbocycles. The number of hydrogen-bond donors (Lipinski definition) is 1. The minimum atomic E-state index is -1.36. The van der Waals surface area contributed by atoms with Crippen molar-refractivity contribution in [1.82, 2.24) is 0 Å². The van der Waals surface area contributed by atoms with E-state index in [1.807, 2.05) is 60.7 Å². The van der Waals surface area contributed by atoms with E-state index in [1.54, 1.807) is 31.2 Å². The second-order valence-corrected chi connectivity index (χ2v) is 6.62. The average molecular weight is 376 g/mol. The van der Waals surface area contributed by atoms with E-state index in [0.29, 0.717) is 17.7 Å². The summed E-state index contributed by atoms with van der Waals surface area (Å²) in [6.07, 6.45) is 0.195. The molecule has 1 unspecified atom stereocenters. The Hall–Kier alpha value is -3.11. The van der Waals surface area contributed by atoms with Crippen molar-refractivity contribution < 1.29 is 19.4 Å². The van der Waals surface area contributed by atoms with Gasteiger partial charge in [-0.2, -0.15) is 0 Å². The maximum Gasteiger partial charge on any atom is 0.309 e. The van der Waals surface area contributed by atoms with Crippen molar-refractivity contribution in [3.05, 3.63) is 96.1 Å². The molecular weight excluding hydrogens is 352 g/mol. The molecule has 0 fully saturated rings. The summed E-state index contributed by atoms with van der Waals surface area (Å²) < 4.78 is 10.9. The predicted octanol–water partition coefficient (Wildman–Crippen LogP) is 4.86. The molecule has 0 aliphatic carbocycles. The van der Waals surface area contributed by atoms with E-state index in [-0.39, 0.29) is 13.0 Å². The van der Waals surface area contributed by atoms with Crippen LogP contribution in [0.5, 0.6) is 11.5 Å². The standard InChI is InChI=1S/C24H24O4/c1-2-27-23(25)18-24(26,17-19-9-5-3-6-10-19)20-13-15-22(16-14-20)28-21-11-7-4-8-12-21/h3-16,26H,2,17-18H2,1H3. The molecule has 0 bridgehead atoms. The first-order valence-corrected chi connectivity index (χ1v) is 9.34. The molecule has 144 valence electrons. The van der Waals surface area contributed by atoms with Gasteiger partial charge >= 0.3 is 5.97 Å². The number of hydrogen-bond acceptors (Lipinski definition) is 4. The third kappa shape index (κ3) is 5.21. The van der Waals surface area contributed by atoms with E-state index in [1.165, 1.54) is 0 Å². The minimum Gasteiger partial charge on any atom is -0.466 e. The summed E-state index contributed by atoms with van der Waals surface area (Å²) >= 11 is 0. The van der Waals surface area contributed by atoms with E-state index in [0.717, 1.165) is 11.3 Å². The quantitative estimate of drug-likeness (QED) is 0.570. The molecule has 0 aliphatic heterocycles. The summed E-state index contributed by atoms with van der Waals surface area (Å²) in [5, 5.41) is 11.4. The van der Waals surface area contributed by atoms with Crippen molar-refractivity contribution in [1.29, 1.82) is 0 Å². The molecule has 1 N–H and O–H groups in total. The molecule has 4 nitrogen and oxygen atoms in total. The first-order chi connectivity index (χ1) is 13.6. The van der Waals surface area contributed by atoms with Crippen LogP contribution in [0.25, 0.3) is 0 Å². The number of carbonyl (C=O) groups excluding carboxylic acids is 1. The maximum atomic E-state index is 12.1. The van der Waals surface area contributed by atoms with E-state index >= 15 is 0 Å². The molecule has 0 spiro atoms. The van der Waals surface area contributed by atoms with Gasteiger partial charge in [0.1, 0.15) is 17.1 Å². The number of benzene rings is 3. The molecule has 3 aromatic carbocycles. The summed E-state index contributed by atoms with van der Waals surface area (Å²) in [7, 11) is 0. The minimum absolute atomic E-state index is 0.116. The number of aliphatic hydroxyl groups is 1. The Morgan fingerprint density at radius 2 is 1.43 bits per heavy atom. The van der Waals surface area contributed by atoms with Crippen molar-refractivity contribution in [3.63, 3.8) is 0 Å². The summed E-state index contributed by atoms with van der Waals surface area (Å²) in [5.74, 6) is 0.972. The first-order valence-electron chi connectivity index (χ1n) is 9.34. The maximum absolute atomic E-state index is 12.1. The largest absolute Gasteiger partial charge is 0.466 e. The van der Waals surface area contributed by atoms with Crippen LogP contribution < -0.4 is 4.74 Å². The van der Waals surface area contributed by atoms with Crippen LogP contribution in [-0.4, -0.2) is 17.7 Å². The smallest absolute Gasteiger partial charge is 0.309 e. The van der Waals surface area contributed by atoms with Gasteiger partial charge in [-0.25, -0.2) is 0 Å². The molecule has 0 radical (unpaired) electrons. The SMILES string of the molecule is CCOC(=O)CC(O)(Cc1ccccc1)c1ccc(Oc2ccccc2)cc1. The summed E-state index contributed by atoms with van der Waals surface area (Å²) in [6, 6.07) is 26.3. The van der Waals surface area contributed by atoms with E-state index in [2.05, 4.69) is 0 Å². The van der Waals surface area contributed by atoms with Crippen LogP contribution in [0.15, 0.2) is 84.9 Å². The number of para-hydroxylation sites is 1. The fourth-order valence-electron chi connectivity index (χ4n) is 3.11. The van der Waals surface area contributed by atoms with Crippen LogP contribution in [0.3, 0.4) is 0 Å². The van der Waals surface area contributed by atoms with Gasteiger partial charge in [0.15, 0.2) is 0 Å². The zero-order valence-electron chi connectivity index (χ0n) is 15.9. The van der Waals surface area contributed by atoms with Crippen LogP contribution in [0.4, 0.5) is 0 Å². The monoisotopic (exact) mass is 376 g/mol. The molecular formula is C24H24O4. The molecule has 3 aromatic rings. The van der Waals surface area contributed by atoms with Gasteiger partial charge in [-0.1, -0.05) is 60.7 Å². The second-order valence-electron chi connectivity index (χ2n) is 6.62. The number of carbonyl (C=O) groups is 1. The van der Waals surface area contributed by atoms with Gasteiger partial charge in [-0.3, -0.25) is 4.79 Å². The van der Waals surface area contributed by atoms with Gasteiger partial charge < -0.3 is 14.6 Å². The van der Waals surface area contributed by atoms with Crippen molar-refractivity contribution >= 4 is 5.97 Å². The third-order valence-corrected chi connectivity index (χ3v) is 4.45. The highest BCUT2D eigenvalue weighted by molar-refractivity contribution is 5.71. The Bertz CT molecular complexity index is 875. The zero-order valence-corrected chi connectivity index (χ0v) is 15.9. The predicted molar refractivity (Wildman–Crippen MR) is 108 cm³/mol. The molecule has 3 rings (SSSR count). The molecule has 1 atom stereocenters.